The molecule has 0 saturated carbocycles. The third-order valence-electron chi connectivity index (χ3n) is 3.39. The highest BCUT2D eigenvalue weighted by atomic mass is 19.1. The van der Waals surface area contributed by atoms with Crippen LogP contribution < -0.4 is 5.32 Å². The van der Waals surface area contributed by atoms with Gasteiger partial charge in [0.15, 0.2) is 0 Å². The van der Waals surface area contributed by atoms with Crippen LogP contribution in [0.3, 0.4) is 0 Å². The first kappa shape index (κ1) is 16.1. The molecule has 1 atom stereocenters. The van der Waals surface area contributed by atoms with E-state index in [1.807, 2.05) is 49.3 Å². The molecule has 0 aliphatic rings. The zero-order valence-electron chi connectivity index (χ0n) is 12.5. The fraction of sp³-hybridized carbons (Fsp3) is 0.235. The smallest absolute Gasteiger partial charge is 0.251 e. The molecule has 3 nitrogen and oxygen atoms in total. The predicted octanol–water partition coefficient (Wildman–Crippen LogP) is 3.00. The van der Waals surface area contributed by atoms with Crippen molar-refractivity contribution >= 4 is 5.91 Å². The summed E-state index contributed by atoms with van der Waals surface area (Å²) in [5, 5.41) is 2.72. The Bertz CT molecular complexity index is 624. The lowest BCUT2D eigenvalue weighted by molar-refractivity contribution is 0.0941. The maximum absolute atomic E-state index is 13.2. The SMILES string of the molecule is CN(C)[C@@H](CNC(=O)c1cc(F)cc(F)c1)c1ccccc1. The van der Waals surface area contributed by atoms with Crippen molar-refractivity contribution in [3.05, 3.63) is 71.3 Å². The number of benzene rings is 2. The standard InChI is InChI=1S/C17H18F2N2O/c1-21(2)16(12-6-4-3-5-7-12)11-20-17(22)13-8-14(18)10-15(19)9-13/h3-10,16H,11H2,1-2H3,(H,20,22)/t16-/m0/s1. The Hall–Kier alpha value is -2.27. The summed E-state index contributed by atoms with van der Waals surface area (Å²) in [6, 6.07) is 12.5. The summed E-state index contributed by atoms with van der Waals surface area (Å²) in [6.07, 6.45) is 0. The van der Waals surface area contributed by atoms with E-state index in [-0.39, 0.29) is 11.6 Å². The van der Waals surface area contributed by atoms with Crippen LogP contribution in [-0.4, -0.2) is 31.4 Å². The topological polar surface area (TPSA) is 32.3 Å². The molecule has 116 valence electrons. The third kappa shape index (κ3) is 4.11. The van der Waals surface area contributed by atoms with Crippen LogP contribution in [-0.2, 0) is 0 Å². The minimum absolute atomic E-state index is 0.0245. The van der Waals surface area contributed by atoms with Gasteiger partial charge in [0, 0.05) is 18.2 Å². The average molecular weight is 304 g/mol. The molecule has 0 bridgehead atoms. The number of nitrogens with one attached hydrogen (secondary N) is 1. The van der Waals surface area contributed by atoms with E-state index >= 15 is 0 Å². The second kappa shape index (κ2) is 7.13. The first-order valence-corrected chi connectivity index (χ1v) is 6.93. The van der Waals surface area contributed by atoms with Gasteiger partial charge in [-0.3, -0.25) is 4.79 Å². The molecule has 2 aromatic rings. The molecule has 2 aromatic carbocycles. The van der Waals surface area contributed by atoms with Crippen LogP contribution in [0.2, 0.25) is 0 Å². The lowest BCUT2D eigenvalue weighted by Crippen LogP contribution is -2.34. The molecule has 0 aliphatic heterocycles. The molecule has 0 heterocycles. The van der Waals surface area contributed by atoms with Crippen LogP contribution in [0, 0.1) is 11.6 Å². The molecule has 0 aliphatic carbocycles. The fourth-order valence-corrected chi connectivity index (χ4v) is 2.25. The van der Waals surface area contributed by atoms with Gasteiger partial charge in [-0.05, 0) is 31.8 Å². The number of carbonyl (C=O) groups excluding carboxylic acids is 1. The number of hydrogen-bond donors (Lipinski definition) is 1. The van der Waals surface area contributed by atoms with E-state index in [0.29, 0.717) is 6.54 Å². The van der Waals surface area contributed by atoms with Gasteiger partial charge in [0.2, 0.25) is 0 Å². The predicted molar refractivity (Wildman–Crippen MR) is 81.6 cm³/mol. The van der Waals surface area contributed by atoms with Gasteiger partial charge in [-0.25, -0.2) is 8.78 Å². The fourth-order valence-electron chi connectivity index (χ4n) is 2.25. The van der Waals surface area contributed by atoms with Gasteiger partial charge in [-0.15, -0.1) is 0 Å². The van der Waals surface area contributed by atoms with E-state index < -0.39 is 17.5 Å². The van der Waals surface area contributed by atoms with Gasteiger partial charge in [-0.2, -0.15) is 0 Å². The quantitative estimate of drug-likeness (QED) is 0.921. The third-order valence-corrected chi connectivity index (χ3v) is 3.39. The number of rotatable bonds is 5. The van der Waals surface area contributed by atoms with E-state index in [4.69, 9.17) is 0 Å². The highest BCUT2D eigenvalue weighted by Crippen LogP contribution is 2.17. The van der Waals surface area contributed by atoms with Gasteiger partial charge in [0.25, 0.3) is 5.91 Å². The summed E-state index contributed by atoms with van der Waals surface area (Å²) in [4.78, 5) is 14.0. The summed E-state index contributed by atoms with van der Waals surface area (Å²) in [5.41, 5.74) is 1.03. The van der Waals surface area contributed by atoms with Crippen molar-refractivity contribution in [2.24, 2.45) is 0 Å². The van der Waals surface area contributed by atoms with Crippen molar-refractivity contribution in [3.63, 3.8) is 0 Å². The molecule has 5 heteroatoms. The number of hydrogen-bond acceptors (Lipinski definition) is 2. The van der Waals surface area contributed by atoms with Crippen LogP contribution in [0.5, 0.6) is 0 Å². The lowest BCUT2D eigenvalue weighted by atomic mass is 10.1. The van der Waals surface area contributed by atoms with Crippen molar-refractivity contribution < 1.29 is 13.6 Å². The Morgan fingerprint density at radius 3 is 2.23 bits per heavy atom. The second-order valence-electron chi connectivity index (χ2n) is 5.26. The van der Waals surface area contributed by atoms with Gasteiger partial charge in [-0.1, -0.05) is 30.3 Å². The molecule has 0 aromatic heterocycles. The largest absolute Gasteiger partial charge is 0.350 e. The van der Waals surface area contributed by atoms with Crippen molar-refractivity contribution in [2.45, 2.75) is 6.04 Å². The molecular weight excluding hydrogens is 286 g/mol. The molecule has 22 heavy (non-hydrogen) atoms. The molecule has 0 saturated heterocycles. The van der Waals surface area contributed by atoms with Crippen molar-refractivity contribution in [2.75, 3.05) is 20.6 Å². The number of amides is 1. The highest BCUT2D eigenvalue weighted by Gasteiger charge is 2.16. The Morgan fingerprint density at radius 1 is 1.09 bits per heavy atom. The van der Waals surface area contributed by atoms with E-state index in [1.54, 1.807) is 0 Å². The Kier molecular flexibility index (Phi) is 5.22. The van der Waals surface area contributed by atoms with Gasteiger partial charge >= 0.3 is 0 Å². The number of halogens is 2. The summed E-state index contributed by atoms with van der Waals surface area (Å²) >= 11 is 0. The maximum Gasteiger partial charge on any atom is 0.251 e. The highest BCUT2D eigenvalue weighted by molar-refractivity contribution is 5.94. The average Bonchev–Trinajstić information content (AvgIpc) is 2.47. The lowest BCUT2D eigenvalue weighted by Gasteiger charge is -2.25. The first-order valence-electron chi connectivity index (χ1n) is 6.93. The van der Waals surface area contributed by atoms with Gasteiger partial charge < -0.3 is 10.2 Å². The first-order chi connectivity index (χ1) is 10.5. The van der Waals surface area contributed by atoms with Crippen LogP contribution in [0.1, 0.15) is 22.0 Å². The Balaban J connectivity index is 2.08. The molecule has 0 radical (unpaired) electrons. The van der Waals surface area contributed by atoms with Crippen molar-refractivity contribution in [3.8, 4) is 0 Å². The zero-order valence-corrected chi connectivity index (χ0v) is 12.5. The van der Waals surface area contributed by atoms with Gasteiger partial charge in [0.1, 0.15) is 11.6 Å². The summed E-state index contributed by atoms with van der Waals surface area (Å²) < 4.78 is 26.3. The van der Waals surface area contributed by atoms with E-state index in [0.717, 1.165) is 23.8 Å². The Labute approximate surface area is 128 Å². The number of nitrogens with zero attached hydrogens (tertiary/aromatic N) is 1. The van der Waals surface area contributed by atoms with Gasteiger partial charge in [0.05, 0.1) is 6.04 Å². The molecular formula is C17H18F2N2O. The zero-order chi connectivity index (χ0) is 16.1. The minimum atomic E-state index is -0.766. The van der Waals surface area contributed by atoms with Crippen LogP contribution in [0.4, 0.5) is 8.78 Å². The summed E-state index contributed by atoms with van der Waals surface area (Å²) in [5.74, 6) is -2.03. The second-order valence-corrected chi connectivity index (χ2v) is 5.26. The summed E-state index contributed by atoms with van der Waals surface area (Å²) in [7, 11) is 3.82. The monoisotopic (exact) mass is 304 g/mol. The minimum Gasteiger partial charge on any atom is -0.350 e. The summed E-state index contributed by atoms with van der Waals surface area (Å²) in [6.45, 7) is 0.341. The van der Waals surface area contributed by atoms with Crippen LogP contribution in [0.15, 0.2) is 48.5 Å². The Morgan fingerprint density at radius 2 is 1.68 bits per heavy atom. The normalized spacial score (nSPS) is 12.2. The van der Waals surface area contributed by atoms with Crippen LogP contribution >= 0.6 is 0 Å². The molecule has 1 amide bonds. The maximum atomic E-state index is 13.2. The van der Waals surface area contributed by atoms with Crippen LogP contribution in [0.25, 0.3) is 0 Å². The molecule has 2 rings (SSSR count). The molecule has 0 unspecified atom stereocenters. The van der Waals surface area contributed by atoms with E-state index in [9.17, 15) is 13.6 Å². The van der Waals surface area contributed by atoms with Crippen molar-refractivity contribution in [1.82, 2.24) is 10.2 Å². The van der Waals surface area contributed by atoms with Crippen molar-refractivity contribution in [1.29, 1.82) is 0 Å². The number of carbonyl (C=O) groups is 1. The number of likely N-dealkylation sites (N-methyl/N-ethyl adjacent to an activating group) is 1. The van der Waals surface area contributed by atoms with E-state index in [1.165, 1.54) is 0 Å². The molecule has 0 spiro atoms. The van der Waals surface area contributed by atoms with E-state index in [2.05, 4.69) is 5.32 Å². The molecule has 1 N–H and O–H groups in total. The molecule has 0 fully saturated rings.